The van der Waals surface area contributed by atoms with Crippen molar-refractivity contribution in [2.24, 2.45) is 0 Å². The van der Waals surface area contributed by atoms with Crippen molar-refractivity contribution in [1.82, 2.24) is 4.90 Å². The van der Waals surface area contributed by atoms with Crippen LogP contribution in [-0.4, -0.2) is 45.3 Å². The maximum atomic E-state index is 12.3. The zero-order chi connectivity index (χ0) is 13.1. The molecule has 0 spiro atoms. The summed E-state index contributed by atoms with van der Waals surface area (Å²) >= 11 is 0. The number of nitrogens with zero attached hydrogens (tertiary/aromatic N) is 1. The predicted molar refractivity (Wildman–Crippen MR) is 65.5 cm³/mol. The number of aliphatic hydroxyl groups is 1. The second-order valence-electron chi connectivity index (χ2n) is 4.48. The van der Waals surface area contributed by atoms with E-state index in [1.807, 2.05) is 0 Å². The Morgan fingerprint density at radius 3 is 2.89 bits per heavy atom. The highest BCUT2D eigenvalue weighted by atomic mass is 16.3. The van der Waals surface area contributed by atoms with Crippen LogP contribution in [0.4, 0.5) is 0 Å². The van der Waals surface area contributed by atoms with Gasteiger partial charge in [0, 0.05) is 19.2 Å². The van der Waals surface area contributed by atoms with E-state index in [-0.39, 0.29) is 35.6 Å². The van der Waals surface area contributed by atoms with Crippen molar-refractivity contribution in [3.63, 3.8) is 0 Å². The van der Waals surface area contributed by atoms with E-state index in [9.17, 15) is 15.0 Å². The van der Waals surface area contributed by atoms with Gasteiger partial charge in [0.25, 0.3) is 5.91 Å². The summed E-state index contributed by atoms with van der Waals surface area (Å²) in [4.78, 5) is 13.9. The van der Waals surface area contributed by atoms with Gasteiger partial charge in [-0.25, -0.2) is 0 Å². The van der Waals surface area contributed by atoms with Gasteiger partial charge in [-0.15, -0.1) is 0 Å². The maximum Gasteiger partial charge on any atom is 0.258 e. The molecule has 1 amide bonds. The van der Waals surface area contributed by atoms with Crippen molar-refractivity contribution < 1.29 is 20.1 Å². The van der Waals surface area contributed by atoms with Crippen molar-refractivity contribution in [2.75, 3.05) is 13.2 Å². The van der Waals surface area contributed by atoms with Crippen molar-refractivity contribution in [1.29, 1.82) is 0 Å². The van der Waals surface area contributed by atoms with Crippen LogP contribution < -0.4 is 0 Å². The van der Waals surface area contributed by atoms with E-state index in [0.717, 1.165) is 12.8 Å². The number of likely N-dealkylation sites (tertiary alicyclic amines) is 1. The van der Waals surface area contributed by atoms with Crippen LogP contribution in [0.25, 0.3) is 0 Å². The quantitative estimate of drug-likeness (QED) is 0.702. The standard InChI is InChI=1S/C13H17NO4/c15-8-6-9-3-2-7-14(9)13(18)10-4-1-5-11(16)12(10)17/h1,4-5,9,15-17H,2-3,6-8H2. The molecule has 0 aliphatic carbocycles. The second-order valence-corrected chi connectivity index (χ2v) is 4.48. The smallest absolute Gasteiger partial charge is 0.258 e. The third-order valence-electron chi connectivity index (χ3n) is 3.35. The van der Waals surface area contributed by atoms with Crippen LogP contribution in [-0.2, 0) is 0 Å². The first kappa shape index (κ1) is 12.7. The molecule has 0 bridgehead atoms. The highest BCUT2D eigenvalue weighted by Crippen LogP contribution is 2.31. The fraction of sp³-hybridized carbons (Fsp3) is 0.462. The lowest BCUT2D eigenvalue weighted by Crippen LogP contribution is -2.36. The summed E-state index contributed by atoms with van der Waals surface area (Å²) in [6.45, 7) is 0.666. The number of phenolic OH excluding ortho intramolecular Hbond substituents is 2. The molecule has 0 aromatic heterocycles. The van der Waals surface area contributed by atoms with Gasteiger partial charge in [-0.3, -0.25) is 4.79 Å². The molecule has 3 N–H and O–H groups in total. The molecule has 1 heterocycles. The van der Waals surface area contributed by atoms with Crippen molar-refractivity contribution in [3.05, 3.63) is 23.8 Å². The third-order valence-corrected chi connectivity index (χ3v) is 3.35. The Balaban J connectivity index is 2.23. The summed E-state index contributed by atoms with van der Waals surface area (Å²) < 4.78 is 0. The van der Waals surface area contributed by atoms with E-state index in [0.29, 0.717) is 13.0 Å². The summed E-state index contributed by atoms with van der Waals surface area (Å²) in [5, 5.41) is 28.1. The van der Waals surface area contributed by atoms with Crippen LogP contribution in [0.2, 0.25) is 0 Å². The van der Waals surface area contributed by atoms with Gasteiger partial charge in [-0.1, -0.05) is 6.07 Å². The summed E-state index contributed by atoms with van der Waals surface area (Å²) in [5.74, 6) is -0.963. The lowest BCUT2D eigenvalue weighted by molar-refractivity contribution is 0.0712. The van der Waals surface area contributed by atoms with Gasteiger partial charge in [-0.2, -0.15) is 0 Å². The Morgan fingerprint density at radius 2 is 2.17 bits per heavy atom. The lowest BCUT2D eigenvalue weighted by Gasteiger charge is -2.24. The van der Waals surface area contributed by atoms with Gasteiger partial charge in [0.1, 0.15) is 0 Å². The molecule has 0 saturated carbocycles. The first-order chi connectivity index (χ1) is 8.65. The van der Waals surface area contributed by atoms with E-state index in [2.05, 4.69) is 0 Å². The summed E-state index contributed by atoms with van der Waals surface area (Å²) in [6, 6.07) is 4.37. The van der Waals surface area contributed by atoms with E-state index in [1.165, 1.54) is 18.2 Å². The SMILES string of the molecule is O=C(c1cccc(O)c1O)N1CCCC1CCO. The van der Waals surface area contributed by atoms with Gasteiger partial charge in [0.2, 0.25) is 0 Å². The molecule has 1 fully saturated rings. The van der Waals surface area contributed by atoms with Crippen molar-refractivity contribution in [2.45, 2.75) is 25.3 Å². The topological polar surface area (TPSA) is 81.0 Å². The van der Waals surface area contributed by atoms with Crippen molar-refractivity contribution in [3.8, 4) is 11.5 Å². The number of hydrogen-bond donors (Lipinski definition) is 3. The van der Waals surface area contributed by atoms with Gasteiger partial charge in [0.15, 0.2) is 11.5 Å². The number of hydrogen-bond acceptors (Lipinski definition) is 4. The summed E-state index contributed by atoms with van der Waals surface area (Å²) in [6.07, 6.45) is 2.31. The van der Waals surface area contributed by atoms with Crippen molar-refractivity contribution >= 4 is 5.91 Å². The van der Waals surface area contributed by atoms with Gasteiger partial charge in [-0.05, 0) is 31.4 Å². The molecular formula is C13H17NO4. The molecule has 1 saturated heterocycles. The first-order valence-electron chi connectivity index (χ1n) is 6.08. The van der Waals surface area contributed by atoms with Crippen LogP contribution in [0.5, 0.6) is 11.5 Å². The minimum absolute atomic E-state index is 0.0178. The van der Waals surface area contributed by atoms with E-state index < -0.39 is 0 Å². The highest BCUT2D eigenvalue weighted by Gasteiger charge is 2.30. The van der Waals surface area contributed by atoms with Gasteiger partial charge < -0.3 is 20.2 Å². The average molecular weight is 251 g/mol. The fourth-order valence-electron chi connectivity index (χ4n) is 2.41. The Bertz CT molecular complexity index is 447. The number of aliphatic hydroxyl groups excluding tert-OH is 1. The van der Waals surface area contributed by atoms with Crippen LogP contribution in [0, 0.1) is 0 Å². The molecule has 98 valence electrons. The monoisotopic (exact) mass is 251 g/mol. The van der Waals surface area contributed by atoms with E-state index >= 15 is 0 Å². The highest BCUT2D eigenvalue weighted by molar-refractivity contribution is 5.97. The molecule has 1 aliphatic rings. The number of phenols is 2. The number of para-hydroxylation sites is 1. The molecule has 1 aromatic carbocycles. The number of aromatic hydroxyl groups is 2. The summed E-state index contributed by atoms with van der Waals surface area (Å²) in [7, 11) is 0. The maximum absolute atomic E-state index is 12.3. The predicted octanol–water partition coefficient (Wildman–Crippen LogP) is 1.08. The zero-order valence-corrected chi connectivity index (χ0v) is 10.0. The number of carbonyl (C=O) groups is 1. The van der Waals surface area contributed by atoms with Gasteiger partial charge in [0.05, 0.1) is 5.56 Å². The van der Waals surface area contributed by atoms with Crippen LogP contribution in [0.15, 0.2) is 18.2 Å². The number of rotatable bonds is 3. The number of carbonyl (C=O) groups excluding carboxylic acids is 1. The molecule has 1 unspecified atom stereocenters. The molecule has 1 aliphatic heterocycles. The normalized spacial score (nSPS) is 19.2. The fourth-order valence-corrected chi connectivity index (χ4v) is 2.41. The van der Waals surface area contributed by atoms with Gasteiger partial charge >= 0.3 is 0 Å². The van der Waals surface area contributed by atoms with E-state index in [1.54, 1.807) is 4.90 Å². The average Bonchev–Trinajstić information content (AvgIpc) is 2.80. The van der Waals surface area contributed by atoms with Crippen LogP contribution >= 0.6 is 0 Å². The molecule has 18 heavy (non-hydrogen) atoms. The summed E-state index contributed by atoms with van der Waals surface area (Å²) in [5.41, 5.74) is 0.111. The molecule has 1 atom stereocenters. The van der Waals surface area contributed by atoms with E-state index in [4.69, 9.17) is 5.11 Å². The van der Waals surface area contributed by atoms with Crippen LogP contribution in [0.1, 0.15) is 29.6 Å². The second kappa shape index (κ2) is 5.27. The third kappa shape index (κ3) is 2.26. The number of benzene rings is 1. The minimum Gasteiger partial charge on any atom is -0.504 e. The first-order valence-corrected chi connectivity index (χ1v) is 6.08. The Labute approximate surface area is 105 Å². The Kier molecular flexibility index (Phi) is 3.72. The minimum atomic E-state index is -0.378. The zero-order valence-electron chi connectivity index (χ0n) is 10.0. The van der Waals surface area contributed by atoms with Crippen LogP contribution in [0.3, 0.4) is 0 Å². The molecule has 2 rings (SSSR count). The molecule has 5 nitrogen and oxygen atoms in total. The molecule has 1 aromatic rings. The molecular weight excluding hydrogens is 234 g/mol. The molecule has 5 heteroatoms. The largest absolute Gasteiger partial charge is 0.504 e. The Morgan fingerprint density at radius 1 is 1.39 bits per heavy atom. The lowest BCUT2D eigenvalue weighted by atomic mass is 10.1. The Hall–Kier alpha value is -1.75. The number of amides is 1. The molecule has 0 radical (unpaired) electrons.